The predicted molar refractivity (Wildman–Crippen MR) is 60.5 cm³/mol. The van der Waals surface area contributed by atoms with Gasteiger partial charge in [-0.15, -0.1) is 0 Å². The Hall–Kier alpha value is -1.10. The fourth-order valence-corrected chi connectivity index (χ4v) is 3.04. The lowest BCUT2D eigenvalue weighted by Crippen LogP contribution is -2.53. The molecule has 1 unspecified atom stereocenters. The van der Waals surface area contributed by atoms with E-state index in [1.54, 1.807) is 4.90 Å². The highest BCUT2D eigenvalue weighted by Gasteiger charge is 2.47. The van der Waals surface area contributed by atoms with E-state index >= 15 is 0 Å². The highest BCUT2D eigenvalue weighted by Crippen LogP contribution is 2.44. The fourth-order valence-electron chi connectivity index (χ4n) is 3.04. The number of carbonyl (C=O) groups is 2. The van der Waals surface area contributed by atoms with Gasteiger partial charge >= 0.3 is 5.97 Å². The number of aliphatic carboxylic acids is 1. The first-order valence-electron chi connectivity index (χ1n) is 6.11. The van der Waals surface area contributed by atoms with Gasteiger partial charge in [0.15, 0.2) is 0 Å². The van der Waals surface area contributed by atoms with Crippen molar-refractivity contribution in [2.45, 2.75) is 26.2 Å². The molecule has 1 atom stereocenters. The number of likely N-dealkylation sites (tertiary alicyclic amines) is 1. The number of piperidine rings is 1. The van der Waals surface area contributed by atoms with E-state index in [-0.39, 0.29) is 11.3 Å². The van der Waals surface area contributed by atoms with Crippen molar-refractivity contribution >= 4 is 11.9 Å². The van der Waals surface area contributed by atoms with Crippen LogP contribution in [-0.2, 0) is 14.3 Å². The lowest BCUT2D eigenvalue weighted by atomic mass is 9.65. The van der Waals surface area contributed by atoms with Crippen LogP contribution in [0.2, 0.25) is 0 Å². The number of hydrogen-bond acceptors (Lipinski definition) is 3. The summed E-state index contributed by atoms with van der Waals surface area (Å²) in [6.45, 7) is 3.82. The first-order valence-corrected chi connectivity index (χ1v) is 6.11. The van der Waals surface area contributed by atoms with E-state index in [1.165, 1.54) is 6.92 Å². The Bertz CT molecular complexity index is 322. The van der Waals surface area contributed by atoms with Crippen LogP contribution in [0.5, 0.6) is 0 Å². The van der Waals surface area contributed by atoms with Crippen molar-refractivity contribution in [3.05, 3.63) is 0 Å². The Kier molecular flexibility index (Phi) is 3.38. The molecule has 0 aromatic rings. The topological polar surface area (TPSA) is 66.8 Å². The molecule has 0 saturated carbocycles. The van der Waals surface area contributed by atoms with Crippen molar-refractivity contribution < 1.29 is 19.4 Å². The van der Waals surface area contributed by atoms with Crippen LogP contribution in [-0.4, -0.2) is 48.2 Å². The number of amides is 1. The van der Waals surface area contributed by atoms with Gasteiger partial charge in [0.1, 0.15) is 0 Å². The van der Waals surface area contributed by atoms with Gasteiger partial charge in [-0.1, -0.05) is 0 Å². The lowest BCUT2D eigenvalue weighted by molar-refractivity contribution is -0.158. The zero-order chi connectivity index (χ0) is 12.5. The summed E-state index contributed by atoms with van der Waals surface area (Å²) in [7, 11) is 0. The molecule has 1 amide bonds. The number of hydrogen-bond donors (Lipinski definition) is 1. The van der Waals surface area contributed by atoms with Crippen LogP contribution in [0, 0.1) is 11.3 Å². The molecule has 1 spiro atoms. The van der Waals surface area contributed by atoms with Gasteiger partial charge in [-0.3, -0.25) is 9.59 Å². The van der Waals surface area contributed by atoms with Gasteiger partial charge in [0, 0.05) is 33.2 Å². The van der Waals surface area contributed by atoms with Crippen LogP contribution >= 0.6 is 0 Å². The number of carbonyl (C=O) groups excluding carboxylic acids is 1. The predicted octanol–water partition coefficient (Wildman–Crippen LogP) is 0.736. The average Bonchev–Trinajstić information content (AvgIpc) is 2.30. The Morgan fingerprint density at radius 1 is 1.29 bits per heavy atom. The van der Waals surface area contributed by atoms with Crippen molar-refractivity contribution in [2.75, 3.05) is 26.3 Å². The minimum atomic E-state index is -0.780. The van der Waals surface area contributed by atoms with E-state index in [4.69, 9.17) is 4.74 Å². The Labute approximate surface area is 101 Å². The highest BCUT2D eigenvalue weighted by atomic mass is 16.5. The molecule has 0 bridgehead atoms. The van der Waals surface area contributed by atoms with Crippen molar-refractivity contribution in [2.24, 2.45) is 11.3 Å². The summed E-state index contributed by atoms with van der Waals surface area (Å²) in [4.78, 5) is 24.4. The molecule has 1 N–H and O–H groups in total. The summed E-state index contributed by atoms with van der Waals surface area (Å²) < 4.78 is 5.33. The smallest absolute Gasteiger partial charge is 0.308 e. The van der Waals surface area contributed by atoms with Crippen molar-refractivity contribution in [1.82, 2.24) is 4.90 Å². The summed E-state index contributed by atoms with van der Waals surface area (Å²) >= 11 is 0. The highest BCUT2D eigenvalue weighted by molar-refractivity contribution is 5.76. The second-order valence-corrected chi connectivity index (χ2v) is 5.08. The van der Waals surface area contributed by atoms with Crippen LogP contribution in [0.25, 0.3) is 0 Å². The zero-order valence-electron chi connectivity index (χ0n) is 10.1. The van der Waals surface area contributed by atoms with Crippen molar-refractivity contribution in [1.29, 1.82) is 0 Å². The van der Waals surface area contributed by atoms with Gasteiger partial charge in [-0.25, -0.2) is 0 Å². The van der Waals surface area contributed by atoms with E-state index in [1.807, 2.05) is 0 Å². The standard InChI is InChI=1S/C12H19NO4/c1-9(14)13-5-2-12(3-6-17-7-4-12)10(8-13)11(15)16/h10H,2-8H2,1H3,(H,15,16). The molecular formula is C12H19NO4. The molecule has 2 fully saturated rings. The third-order valence-corrected chi connectivity index (χ3v) is 4.25. The quantitative estimate of drug-likeness (QED) is 0.735. The third kappa shape index (κ3) is 2.29. The SMILES string of the molecule is CC(=O)N1CCC2(CCOCC2)C(C(=O)O)C1. The molecular weight excluding hydrogens is 222 g/mol. The second kappa shape index (κ2) is 4.64. The maximum Gasteiger partial charge on any atom is 0.308 e. The molecule has 17 heavy (non-hydrogen) atoms. The molecule has 0 aliphatic carbocycles. The van der Waals surface area contributed by atoms with E-state index in [9.17, 15) is 14.7 Å². The van der Waals surface area contributed by atoms with Crippen LogP contribution in [0.1, 0.15) is 26.2 Å². The summed E-state index contributed by atoms with van der Waals surface area (Å²) in [5.41, 5.74) is -0.157. The lowest BCUT2D eigenvalue weighted by Gasteiger charge is -2.47. The van der Waals surface area contributed by atoms with Crippen LogP contribution in [0.4, 0.5) is 0 Å². The first kappa shape index (κ1) is 12.4. The van der Waals surface area contributed by atoms with Gasteiger partial charge in [-0.2, -0.15) is 0 Å². The number of carboxylic acids is 1. The number of nitrogens with zero attached hydrogens (tertiary/aromatic N) is 1. The minimum Gasteiger partial charge on any atom is -0.481 e. The third-order valence-electron chi connectivity index (χ3n) is 4.25. The molecule has 2 aliphatic heterocycles. The molecule has 2 saturated heterocycles. The molecule has 0 aromatic carbocycles. The number of ether oxygens (including phenoxy) is 1. The normalized spacial score (nSPS) is 28.1. The van der Waals surface area contributed by atoms with Gasteiger partial charge in [0.25, 0.3) is 0 Å². The molecule has 5 nitrogen and oxygen atoms in total. The number of carboxylic acid groups (broad SMARTS) is 1. The van der Waals surface area contributed by atoms with E-state index < -0.39 is 11.9 Å². The summed E-state index contributed by atoms with van der Waals surface area (Å²) in [6, 6.07) is 0. The molecule has 0 aromatic heterocycles. The summed E-state index contributed by atoms with van der Waals surface area (Å²) in [5, 5.41) is 9.38. The minimum absolute atomic E-state index is 0.0295. The second-order valence-electron chi connectivity index (χ2n) is 5.08. The maximum absolute atomic E-state index is 11.4. The monoisotopic (exact) mass is 241 g/mol. The van der Waals surface area contributed by atoms with Gasteiger partial charge in [-0.05, 0) is 24.7 Å². The van der Waals surface area contributed by atoms with Crippen molar-refractivity contribution in [3.8, 4) is 0 Å². The van der Waals surface area contributed by atoms with Crippen LogP contribution in [0.3, 0.4) is 0 Å². The molecule has 2 rings (SSSR count). The maximum atomic E-state index is 11.4. The first-order chi connectivity index (χ1) is 8.05. The number of rotatable bonds is 1. The fraction of sp³-hybridized carbons (Fsp3) is 0.833. The van der Waals surface area contributed by atoms with Gasteiger partial charge in [0.2, 0.25) is 5.91 Å². The van der Waals surface area contributed by atoms with Gasteiger partial charge in [0.05, 0.1) is 5.92 Å². The van der Waals surface area contributed by atoms with Crippen LogP contribution < -0.4 is 0 Å². The van der Waals surface area contributed by atoms with E-state index in [2.05, 4.69) is 0 Å². The van der Waals surface area contributed by atoms with E-state index in [0.29, 0.717) is 26.3 Å². The molecule has 5 heteroatoms. The zero-order valence-corrected chi connectivity index (χ0v) is 10.1. The Morgan fingerprint density at radius 2 is 1.94 bits per heavy atom. The van der Waals surface area contributed by atoms with Gasteiger partial charge < -0.3 is 14.7 Å². The molecule has 2 aliphatic rings. The molecule has 96 valence electrons. The molecule has 2 heterocycles. The molecule has 0 radical (unpaired) electrons. The van der Waals surface area contributed by atoms with Crippen LogP contribution in [0.15, 0.2) is 0 Å². The van der Waals surface area contributed by atoms with Crippen molar-refractivity contribution in [3.63, 3.8) is 0 Å². The largest absolute Gasteiger partial charge is 0.481 e. The summed E-state index contributed by atoms with van der Waals surface area (Å²) in [5.74, 6) is -1.25. The Balaban J connectivity index is 2.16. The van der Waals surface area contributed by atoms with E-state index in [0.717, 1.165) is 19.3 Å². The average molecular weight is 241 g/mol. The summed E-state index contributed by atoms with van der Waals surface area (Å²) in [6.07, 6.45) is 2.39. The Morgan fingerprint density at radius 3 is 2.47 bits per heavy atom.